The van der Waals surface area contributed by atoms with Gasteiger partial charge in [-0.3, -0.25) is 0 Å². The minimum absolute atomic E-state index is 0.172. The summed E-state index contributed by atoms with van der Waals surface area (Å²) in [6, 6.07) is 0. The fraction of sp³-hybridized carbons (Fsp3) is 0.917. The molecule has 0 rings (SSSR count). The van der Waals surface area contributed by atoms with Crippen LogP contribution in [0.15, 0.2) is 0 Å². The maximum atomic E-state index is 11.3. The maximum Gasteiger partial charge on any atom is 0.336 e. The van der Waals surface area contributed by atoms with Crippen molar-refractivity contribution in [1.82, 2.24) is 0 Å². The van der Waals surface area contributed by atoms with Gasteiger partial charge in [0, 0.05) is 13.7 Å². The predicted molar refractivity (Wildman–Crippen MR) is 64.2 cm³/mol. The smallest absolute Gasteiger partial charge is 0.336 e. The van der Waals surface area contributed by atoms with Crippen molar-refractivity contribution in [2.75, 3.05) is 20.3 Å². The zero-order valence-corrected chi connectivity index (χ0v) is 10.5. The minimum atomic E-state index is -0.611. The van der Waals surface area contributed by atoms with Crippen molar-refractivity contribution in [2.45, 2.75) is 51.6 Å². The molecule has 4 heteroatoms. The number of esters is 1. The molecule has 0 saturated carbocycles. The molecule has 0 amide bonds. The molecular weight excluding hydrogens is 206 g/mol. The van der Waals surface area contributed by atoms with Gasteiger partial charge < -0.3 is 15.2 Å². The van der Waals surface area contributed by atoms with E-state index in [0.29, 0.717) is 6.61 Å². The third-order valence-corrected chi connectivity index (χ3v) is 2.50. The molecule has 0 radical (unpaired) electrons. The van der Waals surface area contributed by atoms with E-state index in [1.807, 2.05) is 0 Å². The molecule has 16 heavy (non-hydrogen) atoms. The minimum Gasteiger partial charge on any atom is -0.464 e. The van der Waals surface area contributed by atoms with Gasteiger partial charge in [0.25, 0.3) is 0 Å². The average Bonchev–Trinajstić information content (AvgIpc) is 2.29. The number of hydrogen-bond donors (Lipinski definition) is 1. The normalized spacial score (nSPS) is 12.4. The monoisotopic (exact) mass is 231 g/mol. The Morgan fingerprint density at radius 3 is 2.38 bits per heavy atom. The summed E-state index contributed by atoms with van der Waals surface area (Å²) in [5.74, 6) is -0.349. The van der Waals surface area contributed by atoms with Crippen LogP contribution in [0.1, 0.15) is 45.4 Å². The average molecular weight is 231 g/mol. The first-order valence-corrected chi connectivity index (χ1v) is 6.15. The largest absolute Gasteiger partial charge is 0.464 e. The molecule has 2 N–H and O–H groups in total. The number of nitrogens with two attached hydrogens (primary N) is 1. The van der Waals surface area contributed by atoms with Gasteiger partial charge in [-0.1, -0.05) is 39.0 Å². The van der Waals surface area contributed by atoms with Crippen LogP contribution in [0.5, 0.6) is 0 Å². The molecule has 4 nitrogen and oxygen atoms in total. The fourth-order valence-electron chi connectivity index (χ4n) is 1.44. The zero-order valence-electron chi connectivity index (χ0n) is 10.5. The van der Waals surface area contributed by atoms with Gasteiger partial charge in [0.1, 0.15) is 0 Å². The van der Waals surface area contributed by atoms with Crippen LogP contribution in [0.4, 0.5) is 0 Å². The van der Waals surface area contributed by atoms with Crippen molar-refractivity contribution in [3.63, 3.8) is 0 Å². The van der Waals surface area contributed by atoms with E-state index in [4.69, 9.17) is 15.2 Å². The highest BCUT2D eigenvalue weighted by Gasteiger charge is 2.16. The van der Waals surface area contributed by atoms with E-state index >= 15 is 0 Å². The molecule has 0 aromatic heterocycles. The molecule has 0 aliphatic heterocycles. The number of unbranched alkanes of at least 4 members (excludes halogenated alkanes) is 5. The van der Waals surface area contributed by atoms with Crippen molar-refractivity contribution < 1.29 is 14.3 Å². The van der Waals surface area contributed by atoms with Crippen LogP contribution in [0.3, 0.4) is 0 Å². The highest BCUT2D eigenvalue weighted by Crippen LogP contribution is 2.05. The summed E-state index contributed by atoms with van der Waals surface area (Å²) < 4.78 is 9.92. The molecule has 0 bridgehead atoms. The molecule has 0 heterocycles. The van der Waals surface area contributed by atoms with Crippen molar-refractivity contribution in [3.8, 4) is 0 Å². The topological polar surface area (TPSA) is 61.5 Å². The van der Waals surface area contributed by atoms with E-state index in [0.717, 1.165) is 12.8 Å². The summed E-state index contributed by atoms with van der Waals surface area (Å²) in [5, 5.41) is 0. The quantitative estimate of drug-likeness (QED) is 0.460. The van der Waals surface area contributed by atoms with Crippen LogP contribution in [-0.2, 0) is 14.3 Å². The lowest BCUT2D eigenvalue weighted by Crippen LogP contribution is -2.33. The van der Waals surface area contributed by atoms with Crippen LogP contribution in [0, 0.1) is 0 Å². The van der Waals surface area contributed by atoms with Crippen LogP contribution in [-0.4, -0.2) is 32.3 Å². The Hall–Kier alpha value is -0.610. The van der Waals surface area contributed by atoms with Gasteiger partial charge in [0.05, 0.1) is 6.61 Å². The van der Waals surface area contributed by atoms with Gasteiger partial charge in [-0.05, 0) is 6.42 Å². The Morgan fingerprint density at radius 2 is 1.81 bits per heavy atom. The number of carbonyl (C=O) groups is 1. The van der Waals surface area contributed by atoms with Crippen LogP contribution < -0.4 is 5.73 Å². The molecule has 0 saturated heterocycles. The third-order valence-electron chi connectivity index (χ3n) is 2.50. The second-order valence-electron chi connectivity index (χ2n) is 3.90. The summed E-state index contributed by atoms with van der Waals surface area (Å²) in [7, 11) is 1.46. The lowest BCUT2D eigenvalue weighted by atomic mass is 10.1. The zero-order chi connectivity index (χ0) is 12.2. The number of ether oxygens (including phenoxy) is 2. The Labute approximate surface area is 98.5 Å². The molecule has 1 atom stereocenters. The van der Waals surface area contributed by atoms with Gasteiger partial charge in [-0.2, -0.15) is 0 Å². The molecule has 0 aromatic rings. The van der Waals surface area contributed by atoms with E-state index in [-0.39, 0.29) is 12.5 Å². The fourth-order valence-corrected chi connectivity index (χ4v) is 1.44. The molecule has 1 unspecified atom stereocenters. The number of hydrogen-bond acceptors (Lipinski definition) is 4. The Morgan fingerprint density at radius 1 is 1.19 bits per heavy atom. The third kappa shape index (κ3) is 7.65. The van der Waals surface area contributed by atoms with E-state index in [2.05, 4.69) is 6.92 Å². The standard InChI is InChI=1S/C12H25NO3/c1-3-4-5-6-7-8-9-16-12(14)11(10-13)15-2/h11H,3-10,13H2,1-2H3. The summed E-state index contributed by atoms with van der Waals surface area (Å²) in [6.45, 7) is 2.84. The van der Waals surface area contributed by atoms with E-state index in [1.165, 1.54) is 32.8 Å². The number of methoxy groups -OCH3 is 1. The van der Waals surface area contributed by atoms with E-state index in [1.54, 1.807) is 0 Å². The second kappa shape index (κ2) is 10.9. The lowest BCUT2D eigenvalue weighted by Gasteiger charge is -2.11. The van der Waals surface area contributed by atoms with Crippen molar-refractivity contribution in [2.24, 2.45) is 5.73 Å². The number of rotatable bonds is 10. The van der Waals surface area contributed by atoms with E-state index < -0.39 is 6.10 Å². The van der Waals surface area contributed by atoms with Crippen molar-refractivity contribution >= 4 is 5.97 Å². The van der Waals surface area contributed by atoms with Crippen molar-refractivity contribution in [3.05, 3.63) is 0 Å². The highest BCUT2D eigenvalue weighted by atomic mass is 16.6. The molecule has 0 aromatic carbocycles. The molecule has 0 spiro atoms. The van der Waals surface area contributed by atoms with E-state index in [9.17, 15) is 4.79 Å². The van der Waals surface area contributed by atoms with Crippen LogP contribution in [0.25, 0.3) is 0 Å². The first kappa shape index (κ1) is 15.4. The summed E-state index contributed by atoms with van der Waals surface area (Å²) >= 11 is 0. The Balaban J connectivity index is 3.33. The van der Waals surface area contributed by atoms with Gasteiger partial charge in [0.2, 0.25) is 0 Å². The summed E-state index contributed by atoms with van der Waals surface area (Å²) in [4.78, 5) is 11.3. The maximum absolute atomic E-state index is 11.3. The first-order valence-electron chi connectivity index (χ1n) is 6.15. The van der Waals surface area contributed by atoms with Crippen LogP contribution in [0.2, 0.25) is 0 Å². The predicted octanol–water partition coefficient (Wildman–Crippen LogP) is 1.86. The molecule has 0 aliphatic rings. The van der Waals surface area contributed by atoms with Gasteiger partial charge in [-0.15, -0.1) is 0 Å². The van der Waals surface area contributed by atoms with Gasteiger partial charge in [0.15, 0.2) is 6.10 Å². The Kier molecular flexibility index (Phi) is 10.5. The molecular formula is C12H25NO3. The van der Waals surface area contributed by atoms with Crippen LogP contribution >= 0.6 is 0 Å². The summed E-state index contributed by atoms with van der Waals surface area (Å²) in [5.41, 5.74) is 5.34. The number of carbonyl (C=O) groups excluding carboxylic acids is 1. The highest BCUT2D eigenvalue weighted by molar-refractivity contribution is 5.74. The SMILES string of the molecule is CCCCCCCCOC(=O)C(CN)OC. The molecule has 96 valence electrons. The first-order chi connectivity index (χ1) is 7.76. The Bertz CT molecular complexity index is 170. The van der Waals surface area contributed by atoms with Gasteiger partial charge in [-0.25, -0.2) is 4.79 Å². The molecule has 0 fully saturated rings. The second-order valence-corrected chi connectivity index (χ2v) is 3.90. The van der Waals surface area contributed by atoms with Crippen molar-refractivity contribution in [1.29, 1.82) is 0 Å². The summed E-state index contributed by atoms with van der Waals surface area (Å²) in [6.07, 6.45) is 6.47. The van der Waals surface area contributed by atoms with Gasteiger partial charge >= 0.3 is 5.97 Å². The molecule has 0 aliphatic carbocycles. The lowest BCUT2D eigenvalue weighted by molar-refractivity contribution is -0.154.